The van der Waals surface area contributed by atoms with Crippen molar-refractivity contribution in [2.75, 3.05) is 4.90 Å². The zero-order chi connectivity index (χ0) is 28.3. The van der Waals surface area contributed by atoms with Gasteiger partial charge in [0.2, 0.25) is 0 Å². The van der Waals surface area contributed by atoms with Crippen LogP contribution in [0.4, 0.5) is 17.1 Å². The van der Waals surface area contributed by atoms with Crippen molar-refractivity contribution in [3.8, 4) is 0 Å². The Labute approximate surface area is 241 Å². The van der Waals surface area contributed by atoms with Crippen molar-refractivity contribution in [3.63, 3.8) is 0 Å². The molecule has 5 aromatic carbocycles. The van der Waals surface area contributed by atoms with Crippen molar-refractivity contribution in [2.45, 2.75) is 31.1 Å². The maximum absolute atomic E-state index is 13.2. The lowest BCUT2D eigenvalue weighted by atomic mass is 9.86. The zero-order valence-corrected chi connectivity index (χ0v) is 23.7. The van der Waals surface area contributed by atoms with Gasteiger partial charge in [0, 0.05) is 44.2 Å². The fourth-order valence-corrected chi connectivity index (χ4v) is 4.77. The number of nitrogens with zero attached hydrogens (tertiary/aromatic N) is 1. The van der Waals surface area contributed by atoms with Gasteiger partial charge in [0.25, 0.3) is 0 Å². The van der Waals surface area contributed by atoms with Gasteiger partial charge in [0.15, 0.2) is 11.6 Å². The first kappa shape index (κ1) is 27.2. The van der Waals surface area contributed by atoms with Gasteiger partial charge in [-0.3, -0.25) is 9.59 Å². The molecule has 0 radical (unpaired) electrons. The molecule has 0 aliphatic rings. The van der Waals surface area contributed by atoms with Crippen LogP contribution in [0.3, 0.4) is 0 Å². The van der Waals surface area contributed by atoms with Gasteiger partial charge in [-0.05, 0) is 83.8 Å². The third kappa shape index (κ3) is 5.93. The quantitative estimate of drug-likeness (QED) is 0.165. The van der Waals surface area contributed by atoms with Crippen LogP contribution >= 0.6 is 12.6 Å². The summed E-state index contributed by atoms with van der Waals surface area (Å²) in [5.41, 5.74) is 6.54. The van der Waals surface area contributed by atoms with Crippen molar-refractivity contribution >= 4 is 41.3 Å². The van der Waals surface area contributed by atoms with E-state index in [1.807, 2.05) is 127 Å². The molecule has 0 amide bonds. The average Bonchev–Trinajstić information content (AvgIpc) is 2.98. The Morgan fingerprint density at radius 1 is 0.500 bits per heavy atom. The number of rotatable bonds is 7. The lowest BCUT2D eigenvalue weighted by Gasteiger charge is -2.26. The highest BCUT2D eigenvalue weighted by molar-refractivity contribution is 7.80. The summed E-state index contributed by atoms with van der Waals surface area (Å²) in [6.07, 6.45) is 0. The largest absolute Gasteiger partial charge is 0.311 e. The zero-order valence-electron chi connectivity index (χ0n) is 22.8. The van der Waals surface area contributed by atoms with E-state index in [0.717, 1.165) is 22.0 Å². The molecule has 5 aromatic rings. The van der Waals surface area contributed by atoms with E-state index in [4.69, 9.17) is 0 Å². The number of carbonyl (C=O) groups is 2. The molecule has 0 fully saturated rings. The average molecular weight is 542 g/mol. The summed E-state index contributed by atoms with van der Waals surface area (Å²) in [6, 6.07) is 40.2. The van der Waals surface area contributed by atoms with Crippen LogP contribution in [0.5, 0.6) is 0 Å². The number of anilines is 3. The SMILES string of the molecule is CC(C)(C)c1ccc(C(=O)c2ccc(N(c3ccc(S)cc3)c3ccc(C(=O)c4ccccc4)cc3)cc2)cc1. The first-order valence-electron chi connectivity index (χ1n) is 13.2. The van der Waals surface area contributed by atoms with E-state index in [1.54, 1.807) is 0 Å². The molecule has 0 aliphatic carbocycles. The van der Waals surface area contributed by atoms with E-state index in [0.29, 0.717) is 22.3 Å². The third-order valence-corrected chi connectivity index (χ3v) is 7.23. The molecule has 0 atom stereocenters. The van der Waals surface area contributed by atoms with Gasteiger partial charge in [-0.2, -0.15) is 0 Å². The van der Waals surface area contributed by atoms with Crippen LogP contribution < -0.4 is 4.90 Å². The molecule has 5 rings (SSSR count). The molecule has 0 bridgehead atoms. The van der Waals surface area contributed by atoms with E-state index < -0.39 is 0 Å². The molecule has 0 aliphatic heterocycles. The fourth-order valence-electron chi connectivity index (χ4n) is 4.62. The summed E-state index contributed by atoms with van der Waals surface area (Å²) in [5, 5.41) is 0. The number of hydrogen-bond acceptors (Lipinski definition) is 4. The van der Waals surface area contributed by atoms with Crippen LogP contribution in [0.15, 0.2) is 132 Å². The number of hydrogen-bond donors (Lipinski definition) is 1. The highest BCUT2D eigenvalue weighted by Gasteiger charge is 2.17. The van der Waals surface area contributed by atoms with Crippen molar-refractivity contribution in [1.82, 2.24) is 0 Å². The Hall–Kier alpha value is -4.41. The molecular weight excluding hydrogens is 510 g/mol. The predicted molar refractivity (Wildman–Crippen MR) is 167 cm³/mol. The van der Waals surface area contributed by atoms with Crippen molar-refractivity contribution < 1.29 is 9.59 Å². The van der Waals surface area contributed by atoms with E-state index in [2.05, 4.69) is 38.3 Å². The lowest BCUT2D eigenvalue weighted by Crippen LogP contribution is -2.12. The maximum atomic E-state index is 13.2. The Bertz CT molecular complexity index is 1620. The van der Waals surface area contributed by atoms with Gasteiger partial charge >= 0.3 is 0 Å². The van der Waals surface area contributed by atoms with E-state index in [-0.39, 0.29) is 17.0 Å². The second-order valence-corrected chi connectivity index (χ2v) is 11.3. The van der Waals surface area contributed by atoms with Crippen LogP contribution in [-0.4, -0.2) is 11.6 Å². The predicted octanol–water partition coefficient (Wildman–Crippen LogP) is 9.20. The number of carbonyl (C=O) groups excluding carboxylic acids is 2. The molecule has 3 nitrogen and oxygen atoms in total. The monoisotopic (exact) mass is 541 g/mol. The summed E-state index contributed by atoms with van der Waals surface area (Å²) < 4.78 is 0. The van der Waals surface area contributed by atoms with Gasteiger partial charge in [-0.25, -0.2) is 0 Å². The molecule has 0 N–H and O–H groups in total. The second-order valence-electron chi connectivity index (χ2n) is 10.8. The van der Waals surface area contributed by atoms with Crippen molar-refractivity contribution in [2.24, 2.45) is 0 Å². The first-order valence-corrected chi connectivity index (χ1v) is 13.7. The molecule has 0 heterocycles. The number of ketones is 2. The summed E-state index contributed by atoms with van der Waals surface area (Å²) in [4.78, 5) is 29.1. The second kappa shape index (κ2) is 11.4. The van der Waals surface area contributed by atoms with Gasteiger partial charge in [0.1, 0.15) is 0 Å². The van der Waals surface area contributed by atoms with Gasteiger partial charge in [-0.15, -0.1) is 12.6 Å². The van der Waals surface area contributed by atoms with Crippen LogP contribution in [0.25, 0.3) is 0 Å². The third-order valence-electron chi connectivity index (χ3n) is 6.93. The Balaban J connectivity index is 1.45. The van der Waals surface area contributed by atoms with E-state index in [9.17, 15) is 9.59 Å². The highest BCUT2D eigenvalue weighted by Crippen LogP contribution is 2.35. The van der Waals surface area contributed by atoms with Crippen molar-refractivity contribution in [1.29, 1.82) is 0 Å². The molecule has 40 heavy (non-hydrogen) atoms. The van der Waals surface area contributed by atoms with Crippen LogP contribution in [0.2, 0.25) is 0 Å². The topological polar surface area (TPSA) is 37.4 Å². The van der Waals surface area contributed by atoms with Crippen LogP contribution in [-0.2, 0) is 5.41 Å². The van der Waals surface area contributed by atoms with Crippen LogP contribution in [0.1, 0.15) is 58.2 Å². The summed E-state index contributed by atoms with van der Waals surface area (Å²) >= 11 is 4.44. The van der Waals surface area contributed by atoms with E-state index in [1.165, 1.54) is 5.56 Å². The summed E-state index contributed by atoms with van der Waals surface area (Å²) in [7, 11) is 0. The van der Waals surface area contributed by atoms with Crippen molar-refractivity contribution in [3.05, 3.63) is 155 Å². The maximum Gasteiger partial charge on any atom is 0.193 e. The molecule has 198 valence electrons. The normalized spacial score (nSPS) is 11.2. The van der Waals surface area contributed by atoms with Gasteiger partial charge in [0.05, 0.1) is 0 Å². The number of benzene rings is 5. The number of thiol groups is 1. The Kier molecular flexibility index (Phi) is 7.72. The minimum absolute atomic E-state index is 0.0123. The summed E-state index contributed by atoms with van der Waals surface area (Å²) in [5.74, 6) is -0.0294. The molecule has 0 saturated heterocycles. The first-order chi connectivity index (χ1) is 19.2. The van der Waals surface area contributed by atoms with Gasteiger partial charge < -0.3 is 4.90 Å². The molecule has 4 heteroatoms. The minimum Gasteiger partial charge on any atom is -0.311 e. The fraction of sp³-hybridized carbons (Fsp3) is 0.111. The Morgan fingerprint density at radius 2 is 0.850 bits per heavy atom. The molecular formula is C36H31NO2S. The minimum atomic E-state index is -0.0171. The molecule has 0 aromatic heterocycles. The standard InChI is InChI=1S/C36H31NO2S/c1-36(2,3)29-15-9-26(10-16-29)35(39)28-13-19-31(20-14-28)37(32-21-23-33(40)24-22-32)30-17-11-27(12-18-30)34(38)25-7-5-4-6-8-25/h4-24,40H,1-3H3. The summed E-state index contributed by atoms with van der Waals surface area (Å²) in [6.45, 7) is 6.48. The molecule has 0 spiro atoms. The highest BCUT2D eigenvalue weighted by atomic mass is 32.1. The smallest absolute Gasteiger partial charge is 0.193 e. The Morgan fingerprint density at radius 3 is 1.25 bits per heavy atom. The van der Waals surface area contributed by atoms with Crippen LogP contribution in [0, 0.1) is 0 Å². The van der Waals surface area contributed by atoms with E-state index >= 15 is 0 Å². The lowest BCUT2D eigenvalue weighted by molar-refractivity contribution is 0.103. The molecule has 0 unspecified atom stereocenters. The van der Waals surface area contributed by atoms with Gasteiger partial charge in [-0.1, -0.05) is 75.4 Å². The molecule has 0 saturated carbocycles.